The van der Waals surface area contributed by atoms with Gasteiger partial charge in [-0.05, 0) is 41.2 Å². The zero-order chi connectivity index (χ0) is 16.1. The molecule has 1 atom stereocenters. The molecule has 1 aromatic carbocycles. The van der Waals surface area contributed by atoms with Gasteiger partial charge in [0.1, 0.15) is 0 Å². The van der Waals surface area contributed by atoms with E-state index in [9.17, 15) is 0 Å². The van der Waals surface area contributed by atoms with E-state index in [-0.39, 0.29) is 41.3 Å². The Morgan fingerprint density at radius 2 is 1.46 bits per heavy atom. The minimum absolute atomic E-state index is 0. The van der Waals surface area contributed by atoms with Crippen molar-refractivity contribution in [2.45, 2.75) is 32.7 Å². The third-order valence-electron chi connectivity index (χ3n) is 4.43. The van der Waals surface area contributed by atoms with Crippen LogP contribution in [0.1, 0.15) is 37.3 Å². The zero-order valence-corrected chi connectivity index (χ0v) is 18.1. The van der Waals surface area contributed by atoms with Gasteiger partial charge in [0.05, 0.1) is 0 Å². The molecule has 2 heterocycles. The first-order valence-corrected chi connectivity index (χ1v) is 8.24. The molecule has 2 nitrogen and oxygen atoms in total. The van der Waals surface area contributed by atoms with Crippen LogP contribution in [0, 0.1) is 41.3 Å². The second-order valence-corrected chi connectivity index (χ2v) is 6.05. The summed E-state index contributed by atoms with van der Waals surface area (Å²) in [6.07, 6.45) is 9.12. The molecule has 0 amide bonds. The maximum atomic E-state index is 4.06. The normalized spacial score (nSPS) is 11.6. The average molecular weight is 444 g/mol. The van der Waals surface area contributed by atoms with Gasteiger partial charge in [-0.3, -0.25) is 4.98 Å². The van der Waals surface area contributed by atoms with Gasteiger partial charge in [-0.25, -0.2) is 4.57 Å². The van der Waals surface area contributed by atoms with Crippen molar-refractivity contribution in [1.29, 1.82) is 0 Å². The first-order chi connectivity index (χ1) is 11.3. The summed E-state index contributed by atoms with van der Waals surface area (Å²) in [7, 11) is 0. The molecule has 1 unspecified atom stereocenters. The van der Waals surface area contributed by atoms with E-state index in [2.05, 4.69) is 72.2 Å². The van der Waals surface area contributed by atoms with Crippen LogP contribution in [0.5, 0.6) is 0 Å². The predicted molar refractivity (Wildman–Crippen MR) is 94.1 cm³/mol. The van der Waals surface area contributed by atoms with Gasteiger partial charge >= 0.3 is 0 Å². The summed E-state index contributed by atoms with van der Waals surface area (Å²) >= 11 is 0. The number of pyridine rings is 2. The molecule has 0 aliphatic rings. The molecule has 0 saturated carbocycles. The quantitative estimate of drug-likeness (QED) is 0.526. The van der Waals surface area contributed by atoms with Gasteiger partial charge in [0.15, 0.2) is 18.9 Å². The molecule has 0 aliphatic heterocycles. The first kappa shape index (κ1) is 19.2. The van der Waals surface area contributed by atoms with Gasteiger partial charge in [-0.1, -0.05) is 38.1 Å². The number of hydrogen-bond acceptors (Lipinski definition) is 1. The van der Waals surface area contributed by atoms with Crippen LogP contribution in [0.4, 0.5) is 0 Å². The molecular weight excluding hydrogens is 421 g/mol. The van der Waals surface area contributed by atoms with Crippen LogP contribution in [0.3, 0.4) is 0 Å². The fourth-order valence-corrected chi connectivity index (χ4v) is 2.70. The molecule has 0 saturated heterocycles. The molecular formula is C21H23N2Pr+. The minimum Gasteiger partial charge on any atom is -0.265 e. The van der Waals surface area contributed by atoms with Crippen LogP contribution in [0.25, 0.3) is 11.1 Å². The van der Waals surface area contributed by atoms with Crippen LogP contribution >= 0.6 is 0 Å². The fourth-order valence-electron chi connectivity index (χ4n) is 2.70. The van der Waals surface area contributed by atoms with Gasteiger partial charge in [0.2, 0.25) is 0 Å². The van der Waals surface area contributed by atoms with Gasteiger partial charge in [-0.2, -0.15) is 0 Å². The second-order valence-electron chi connectivity index (χ2n) is 6.05. The van der Waals surface area contributed by atoms with Gasteiger partial charge in [0, 0.05) is 71.4 Å². The number of benzene rings is 1. The maximum Gasteiger partial charge on any atom is 0.173 e. The molecule has 0 spiro atoms. The third kappa shape index (κ3) is 4.94. The summed E-state index contributed by atoms with van der Waals surface area (Å²) in [5, 5.41) is 0. The van der Waals surface area contributed by atoms with E-state index in [1.165, 1.54) is 28.7 Å². The molecule has 24 heavy (non-hydrogen) atoms. The largest absolute Gasteiger partial charge is 0.265 e. The summed E-state index contributed by atoms with van der Waals surface area (Å²) in [4.78, 5) is 4.06. The Hall–Kier alpha value is -1.12. The topological polar surface area (TPSA) is 16.8 Å². The fraction of sp³-hybridized carbons (Fsp3) is 0.238. The van der Waals surface area contributed by atoms with E-state index in [4.69, 9.17) is 0 Å². The Bertz CT molecular complexity index is 737. The Balaban J connectivity index is 0.00000208. The monoisotopic (exact) mass is 444 g/mol. The Morgan fingerprint density at radius 1 is 0.875 bits per heavy atom. The number of rotatable bonds is 5. The van der Waals surface area contributed by atoms with Crippen molar-refractivity contribution in [1.82, 2.24) is 4.98 Å². The van der Waals surface area contributed by atoms with Crippen molar-refractivity contribution in [3.63, 3.8) is 0 Å². The molecule has 2 aromatic heterocycles. The van der Waals surface area contributed by atoms with Gasteiger partial charge in [-0.15, -0.1) is 0 Å². The third-order valence-corrected chi connectivity index (χ3v) is 4.43. The predicted octanol–water partition coefficient (Wildman–Crippen LogP) is 4.60. The first-order valence-electron chi connectivity index (χ1n) is 8.24. The molecule has 1 radical (unpaired) electrons. The van der Waals surface area contributed by atoms with Crippen molar-refractivity contribution < 1.29 is 45.9 Å². The van der Waals surface area contributed by atoms with Crippen molar-refractivity contribution in [3.8, 4) is 11.1 Å². The van der Waals surface area contributed by atoms with Crippen molar-refractivity contribution in [2.75, 3.05) is 0 Å². The average Bonchev–Trinajstić information content (AvgIpc) is 2.63. The van der Waals surface area contributed by atoms with Crippen LogP contribution < -0.4 is 4.57 Å². The number of aromatic nitrogens is 2. The molecule has 3 rings (SSSR count). The van der Waals surface area contributed by atoms with E-state index in [0.29, 0.717) is 5.92 Å². The van der Waals surface area contributed by atoms with Gasteiger partial charge < -0.3 is 0 Å². The molecule has 0 bridgehead atoms. The summed E-state index contributed by atoms with van der Waals surface area (Å²) in [6, 6.07) is 17.4. The van der Waals surface area contributed by atoms with E-state index in [0.717, 1.165) is 6.54 Å². The maximum absolute atomic E-state index is 4.06. The van der Waals surface area contributed by atoms with Crippen LogP contribution in [0.15, 0.2) is 73.3 Å². The number of hydrogen-bond donors (Lipinski definition) is 0. The minimum atomic E-state index is 0. The van der Waals surface area contributed by atoms with Crippen LogP contribution in [0.2, 0.25) is 0 Å². The molecule has 3 heteroatoms. The summed E-state index contributed by atoms with van der Waals surface area (Å²) in [5.41, 5.74) is 5.17. The second kappa shape index (κ2) is 9.39. The molecule has 119 valence electrons. The molecule has 3 aromatic rings. The van der Waals surface area contributed by atoms with Crippen LogP contribution in [-0.2, 0) is 6.54 Å². The zero-order valence-electron chi connectivity index (χ0n) is 14.4. The SMILES string of the molecule is CCC(C)c1ccc(C[n+]2ccc(-c3ccncc3)cc2)cc1.[Pr]. The Morgan fingerprint density at radius 3 is 2.04 bits per heavy atom. The summed E-state index contributed by atoms with van der Waals surface area (Å²) in [6.45, 7) is 5.41. The standard InChI is InChI=1S/C21H23N2.Pr/c1-3-17(2)19-6-4-18(5-7-19)16-23-14-10-21(11-15-23)20-8-12-22-13-9-20;/h4-15,17H,3,16H2,1-2H3;/q+1;. The molecule has 0 N–H and O–H groups in total. The van der Waals surface area contributed by atoms with E-state index >= 15 is 0 Å². The van der Waals surface area contributed by atoms with Crippen molar-refractivity contribution in [3.05, 3.63) is 84.4 Å². The van der Waals surface area contributed by atoms with Crippen LogP contribution in [-0.4, -0.2) is 4.98 Å². The van der Waals surface area contributed by atoms with Crippen molar-refractivity contribution in [2.24, 2.45) is 0 Å². The molecule has 0 aliphatic carbocycles. The summed E-state index contributed by atoms with van der Waals surface area (Å²) < 4.78 is 2.21. The Labute approximate surface area is 177 Å². The Kier molecular flexibility index (Phi) is 7.52. The smallest absolute Gasteiger partial charge is 0.173 e. The van der Waals surface area contributed by atoms with E-state index in [1.54, 1.807) is 0 Å². The van der Waals surface area contributed by atoms with Crippen molar-refractivity contribution >= 4 is 0 Å². The van der Waals surface area contributed by atoms with Gasteiger partial charge in [0.25, 0.3) is 0 Å². The van der Waals surface area contributed by atoms with E-state index in [1.807, 2.05) is 24.5 Å². The summed E-state index contributed by atoms with van der Waals surface area (Å²) in [5.74, 6) is 0.636. The van der Waals surface area contributed by atoms with E-state index < -0.39 is 0 Å². The molecule has 0 fully saturated rings. The number of nitrogens with zero attached hydrogens (tertiary/aromatic N) is 2.